The van der Waals surface area contributed by atoms with Gasteiger partial charge >= 0.3 is 11.9 Å². The van der Waals surface area contributed by atoms with Crippen molar-refractivity contribution in [1.82, 2.24) is 19.8 Å². The monoisotopic (exact) mass is 750 g/mol. The topological polar surface area (TPSA) is 234 Å². The van der Waals surface area contributed by atoms with Crippen LogP contribution in [-0.2, 0) is 44.0 Å². The number of nitrogens with zero attached hydrogens (tertiary/aromatic N) is 5. The molecule has 272 valence electrons. The summed E-state index contributed by atoms with van der Waals surface area (Å²) in [5, 5.41) is 46.6. The van der Waals surface area contributed by atoms with Crippen LogP contribution in [0.3, 0.4) is 0 Å². The second-order valence-electron chi connectivity index (χ2n) is 12.9. The van der Waals surface area contributed by atoms with Crippen LogP contribution in [0.25, 0.3) is 11.0 Å². The highest BCUT2D eigenvalue weighted by Crippen LogP contribution is 2.41. The molecule has 2 aliphatic rings. The van der Waals surface area contributed by atoms with E-state index in [-0.39, 0.29) is 33.7 Å². The number of imidazole rings is 1. The van der Waals surface area contributed by atoms with Crippen molar-refractivity contribution >= 4 is 68.7 Å². The molecule has 2 aromatic carbocycles. The molecule has 4 heterocycles. The van der Waals surface area contributed by atoms with Gasteiger partial charge in [-0.05, 0) is 49.8 Å². The summed E-state index contributed by atoms with van der Waals surface area (Å²) in [4.78, 5) is 60.9. The largest absolute Gasteiger partial charge is 0.504 e. The third-order valence-electron chi connectivity index (χ3n) is 8.79. The number of phenolic OH excluding ortho intramolecular Hbond substituents is 2. The predicted molar refractivity (Wildman–Crippen MR) is 190 cm³/mol. The van der Waals surface area contributed by atoms with E-state index in [1.54, 1.807) is 0 Å². The molecule has 0 saturated carbocycles. The summed E-state index contributed by atoms with van der Waals surface area (Å²) in [5.41, 5.74) is 7.77. The Kier molecular flexibility index (Phi) is 9.87. The number of nitrogens with two attached hydrogens (primary N) is 1. The Bertz CT molecular complexity index is 2160. The Morgan fingerprint density at radius 1 is 1.12 bits per heavy atom. The summed E-state index contributed by atoms with van der Waals surface area (Å²) in [6.45, 7) is 3.04. The minimum Gasteiger partial charge on any atom is -0.504 e. The van der Waals surface area contributed by atoms with E-state index >= 15 is 0 Å². The number of aryl methyl sites for hydroxylation is 2. The maximum absolute atomic E-state index is 13.3. The van der Waals surface area contributed by atoms with Gasteiger partial charge in [-0.3, -0.25) is 14.5 Å². The normalized spacial score (nSPS) is 17.6. The Labute approximate surface area is 304 Å². The van der Waals surface area contributed by atoms with E-state index < -0.39 is 40.8 Å². The molecule has 7 N–H and O–H groups in total. The number of carbonyl (C=O) groups excluding carboxylic acids is 2. The summed E-state index contributed by atoms with van der Waals surface area (Å²) in [7, 11) is 1.86. The number of hydrogen-bond acceptors (Lipinski definition) is 12. The van der Waals surface area contributed by atoms with Gasteiger partial charge in [-0.2, -0.15) is 0 Å². The lowest BCUT2D eigenvalue weighted by atomic mass is 9.98. The average Bonchev–Trinajstić information content (AvgIpc) is 3.65. The number of anilines is 1. The smallest absolute Gasteiger partial charge is 0.352 e. The lowest BCUT2D eigenvalue weighted by molar-refractivity contribution is -0.645. The van der Waals surface area contributed by atoms with Gasteiger partial charge in [-0.25, -0.2) is 23.7 Å². The number of rotatable bonds is 13. The number of hydrogen-bond donors (Lipinski definition) is 6. The van der Waals surface area contributed by atoms with Gasteiger partial charge in [0, 0.05) is 23.3 Å². The summed E-state index contributed by atoms with van der Waals surface area (Å²) < 4.78 is 3.85. The number of nitrogens with one attached hydrogen (secondary N) is 1. The standard InChI is InChI=1S/C34H35N7O9S2/c1-34(2,32(48)49)50-38-25(20-15-52-33(35)36-20)28(44)37-26-29(45)41-27(31(46)47)19(14-51-30(26)41)6-4-5-17-7-9-18(10-8-17)13-40-16-39(3)21-11-23(42)24(43)12-22(21)40/h7-12,15-16,26,30H,4-6,13-14H2,1-3H3,(H6-,35,36,37,38,42,43,44,46,47,48,49)/p+1/t26-,30-/m1/s1. The van der Waals surface area contributed by atoms with Crippen molar-refractivity contribution in [1.29, 1.82) is 0 Å². The van der Waals surface area contributed by atoms with Crippen LogP contribution in [0.5, 0.6) is 11.5 Å². The first-order chi connectivity index (χ1) is 24.6. The number of fused-ring (bicyclic) bond motifs is 2. The number of carboxylic acid groups (broad SMARTS) is 2. The number of benzene rings is 2. The molecule has 0 radical (unpaired) electrons. The molecule has 6 rings (SSSR count). The van der Waals surface area contributed by atoms with E-state index in [2.05, 4.69) is 15.5 Å². The van der Waals surface area contributed by atoms with Gasteiger partial charge in [0.15, 0.2) is 33.4 Å². The SMILES string of the molecule is C[n+]1cn(Cc2ccc(CCCC3=C(C(=O)O)N4C(=O)[C@@H](NC(=O)/C(=N\OC(C)(C)C(=O)O)c5csc(N)n5)[C@H]4SC3)cc2)c2cc(O)c(O)cc21. The lowest BCUT2D eigenvalue weighted by Gasteiger charge is -2.49. The zero-order valence-electron chi connectivity index (χ0n) is 28.3. The van der Waals surface area contributed by atoms with Crippen molar-refractivity contribution in [2.75, 3.05) is 11.5 Å². The molecule has 1 saturated heterocycles. The highest BCUT2D eigenvalue weighted by Gasteiger charge is 2.54. The van der Waals surface area contributed by atoms with Crippen molar-refractivity contribution in [3.8, 4) is 11.5 Å². The van der Waals surface area contributed by atoms with Crippen LogP contribution in [-0.4, -0.2) is 87.1 Å². The molecule has 2 atom stereocenters. The highest BCUT2D eigenvalue weighted by molar-refractivity contribution is 8.00. The quantitative estimate of drug-likeness (QED) is 0.0380. The van der Waals surface area contributed by atoms with Crippen LogP contribution in [0.4, 0.5) is 5.13 Å². The number of aromatic hydroxyl groups is 2. The number of thioether (sulfide) groups is 1. The van der Waals surface area contributed by atoms with Gasteiger partial charge in [-0.1, -0.05) is 29.4 Å². The fraction of sp³-hybridized carbons (Fsp3) is 0.324. The van der Waals surface area contributed by atoms with E-state index in [1.165, 1.54) is 48.0 Å². The molecule has 52 heavy (non-hydrogen) atoms. The first-order valence-corrected chi connectivity index (χ1v) is 18.0. The van der Waals surface area contributed by atoms with E-state index in [9.17, 15) is 39.6 Å². The molecule has 0 unspecified atom stereocenters. The Hall–Kier alpha value is -5.62. The molecule has 16 nitrogen and oxygen atoms in total. The Morgan fingerprint density at radius 2 is 1.81 bits per heavy atom. The molecular formula is C34H36N7O9S2+. The van der Waals surface area contributed by atoms with Crippen LogP contribution in [0.2, 0.25) is 0 Å². The van der Waals surface area contributed by atoms with Crippen molar-refractivity contribution in [3.63, 3.8) is 0 Å². The van der Waals surface area contributed by atoms with E-state index in [0.717, 1.165) is 33.5 Å². The molecule has 18 heteroatoms. The molecule has 2 aromatic heterocycles. The van der Waals surface area contributed by atoms with Crippen LogP contribution in [0, 0.1) is 0 Å². The third-order valence-corrected chi connectivity index (χ3v) is 10.8. The summed E-state index contributed by atoms with van der Waals surface area (Å²) >= 11 is 2.36. The highest BCUT2D eigenvalue weighted by atomic mass is 32.2. The van der Waals surface area contributed by atoms with Crippen molar-refractivity contribution in [3.05, 3.63) is 76.2 Å². The van der Waals surface area contributed by atoms with Crippen molar-refractivity contribution < 1.29 is 49.0 Å². The summed E-state index contributed by atoms with van der Waals surface area (Å²) in [5.74, 6) is -4.05. The number of β-lactam (4-membered cyclic amide) rings is 1. The van der Waals surface area contributed by atoms with Crippen LogP contribution in [0.1, 0.15) is 43.5 Å². The first kappa shape index (κ1) is 36.2. The number of thiazole rings is 1. The maximum atomic E-state index is 13.3. The number of nitrogen functional groups attached to an aromatic ring is 1. The fourth-order valence-corrected chi connectivity index (χ4v) is 7.86. The molecule has 2 aliphatic heterocycles. The van der Waals surface area contributed by atoms with Gasteiger partial charge in [0.05, 0.1) is 7.05 Å². The Morgan fingerprint density at radius 3 is 2.46 bits per heavy atom. The number of oxime groups is 1. The van der Waals surface area contributed by atoms with Gasteiger partial charge in [0.2, 0.25) is 11.9 Å². The third kappa shape index (κ3) is 7.11. The van der Waals surface area contributed by atoms with Gasteiger partial charge in [0.25, 0.3) is 11.8 Å². The van der Waals surface area contributed by atoms with Crippen LogP contribution >= 0.6 is 23.1 Å². The van der Waals surface area contributed by atoms with E-state index in [4.69, 9.17) is 10.6 Å². The number of carboxylic acids is 2. The zero-order chi connectivity index (χ0) is 37.5. The second-order valence-corrected chi connectivity index (χ2v) is 14.9. The molecule has 2 amide bonds. The second kappa shape index (κ2) is 14.2. The number of amides is 2. The minimum atomic E-state index is -1.77. The molecule has 0 aliphatic carbocycles. The van der Waals surface area contributed by atoms with Crippen LogP contribution < -0.4 is 15.6 Å². The lowest BCUT2D eigenvalue weighted by Crippen LogP contribution is -2.71. The van der Waals surface area contributed by atoms with E-state index in [0.29, 0.717) is 37.1 Å². The minimum absolute atomic E-state index is 0.0240. The average molecular weight is 751 g/mol. The van der Waals surface area contributed by atoms with Gasteiger partial charge < -0.3 is 36.3 Å². The number of aliphatic carboxylic acids is 2. The summed E-state index contributed by atoms with van der Waals surface area (Å²) in [6.07, 6.45) is 3.66. The van der Waals surface area contributed by atoms with Gasteiger partial charge in [0.1, 0.15) is 29.4 Å². The Balaban J connectivity index is 1.09. The first-order valence-electron chi connectivity index (χ1n) is 16.0. The maximum Gasteiger partial charge on any atom is 0.352 e. The molecule has 1 fully saturated rings. The van der Waals surface area contributed by atoms with Crippen molar-refractivity contribution in [2.45, 2.75) is 56.7 Å². The number of phenols is 2. The van der Waals surface area contributed by atoms with Crippen molar-refractivity contribution in [2.24, 2.45) is 12.2 Å². The van der Waals surface area contributed by atoms with E-state index in [1.807, 2.05) is 46.8 Å². The number of carbonyl (C=O) groups is 4. The molecular weight excluding hydrogens is 715 g/mol. The molecule has 0 bridgehead atoms. The zero-order valence-corrected chi connectivity index (χ0v) is 29.9. The number of aromatic nitrogens is 3. The van der Waals surface area contributed by atoms with Gasteiger partial charge in [-0.15, -0.1) is 23.1 Å². The molecule has 0 spiro atoms. The predicted octanol–water partition coefficient (Wildman–Crippen LogP) is 2.31. The molecule has 4 aromatic rings. The van der Waals surface area contributed by atoms with Crippen LogP contribution in [0.15, 0.2) is 64.5 Å². The fourth-order valence-electron chi connectivity index (χ4n) is 5.92. The summed E-state index contributed by atoms with van der Waals surface area (Å²) in [6, 6.07) is 10.0.